The molecule has 0 radical (unpaired) electrons. The van der Waals surface area contributed by atoms with Crippen LogP contribution in [-0.2, 0) is 6.42 Å². The molecule has 0 amide bonds. The Labute approximate surface area is 137 Å². The average molecular weight is 314 g/mol. The van der Waals surface area contributed by atoms with E-state index in [4.69, 9.17) is 10.5 Å². The summed E-state index contributed by atoms with van der Waals surface area (Å²) in [5, 5.41) is 12.8. The van der Waals surface area contributed by atoms with Crippen LogP contribution in [0.15, 0.2) is 18.2 Å². The fourth-order valence-electron chi connectivity index (χ4n) is 4.97. The Morgan fingerprint density at radius 3 is 2.91 bits per heavy atom. The highest BCUT2D eigenvalue weighted by atomic mass is 16.5. The van der Waals surface area contributed by atoms with Crippen LogP contribution < -0.4 is 10.5 Å². The van der Waals surface area contributed by atoms with Crippen LogP contribution >= 0.6 is 0 Å². The summed E-state index contributed by atoms with van der Waals surface area (Å²) in [7, 11) is 1.70. The molecule has 2 aliphatic carbocycles. The molecule has 2 aromatic rings. The van der Waals surface area contributed by atoms with Crippen molar-refractivity contribution < 1.29 is 9.84 Å². The highest BCUT2D eigenvalue weighted by molar-refractivity contribution is 5.87. The first kappa shape index (κ1) is 15.0. The molecule has 1 saturated carbocycles. The van der Waals surface area contributed by atoms with Gasteiger partial charge in [0, 0.05) is 34.0 Å². The first-order chi connectivity index (χ1) is 10.9. The van der Waals surface area contributed by atoms with Gasteiger partial charge in [0.15, 0.2) is 0 Å². The lowest BCUT2D eigenvalue weighted by molar-refractivity contribution is -0.133. The van der Waals surface area contributed by atoms with Gasteiger partial charge in [0.1, 0.15) is 5.75 Å². The highest BCUT2D eigenvalue weighted by Crippen LogP contribution is 2.57. The van der Waals surface area contributed by atoms with Gasteiger partial charge in [-0.05, 0) is 49.4 Å². The van der Waals surface area contributed by atoms with Crippen molar-refractivity contribution in [3.05, 3.63) is 29.5 Å². The molecule has 1 aromatic heterocycles. The average Bonchev–Trinajstić information content (AvgIpc) is 2.88. The number of hydrogen-bond donors (Lipinski definition) is 3. The molecule has 23 heavy (non-hydrogen) atoms. The van der Waals surface area contributed by atoms with Crippen LogP contribution in [0.25, 0.3) is 10.9 Å². The molecule has 1 heterocycles. The fourth-order valence-corrected chi connectivity index (χ4v) is 4.97. The van der Waals surface area contributed by atoms with E-state index in [-0.39, 0.29) is 17.4 Å². The lowest BCUT2D eigenvalue weighted by atomic mass is 9.53. The summed E-state index contributed by atoms with van der Waals surface area (Å²) in [6.45, 7) is 4.37. The second-order valence-electron chi connectivity index (χ2n) is 7.82. The summed E-state index contributed by atoms with van der Waals surface area (Å²) in [4.78, 5) is 3.55. The number of methoxy groups -OCH3 is 1. The lowest BCUT2D eigenvalue weighted by Gasteiger charge is -2.56. The predicted molar refractivity (Wildman–Crippen MR) is 91.9 cm³/mol. The number of nitrogens with two attached hydrogens (primary N) is 1. The molecule has 4 heteroatoms. The maximum absolute atomic E-state index is 11.5. The van der Waals surface area contributed by atoms with Gasteiger partial charge in [-0.3, -0.25) is 0 Å². The third-order valence-electron chi connectivity index (χ3n) is 6.55. The molecule has 4 rings (SSSR count). The van der Waals surface area contributed by atoms with Crippen LogP contribution in [0.5, 0.6) is 5.75 Å². The maximum Gasteiger partial charge on any atom is 0.119 e. The van der Waals surface area contributed by atoms with E-state index in [9.17, 15) is 5.11 Å². The molecular formula is C19H26N2O2. The van der Waals surface area contributed by atoms with E-state index >= 15 is 0 Å². The quantitative estimate of drug-likeness (QED) is 0.757. The van der Waals surface area contributed by atoms with Gasteiger partial charge in [0.2, 0.25) is 0 Å². The van der Waals surface area contributed by atoms with Crippen LogP contribution in [0.2, 0.25) is 0 Å². The lowest BCUT2D eigenvalue weighted by Crippen LogP contribution is -2.59. The molecule has 0 bridgehead atoms. The Bertz CT molecular complexity index is 768. The molecule has 4 N–H and O–H groups in total. The van der Waals surface area contributed by atoms with E-state index in [0.29, 0.717) is 6.42 Å². The van der Waals surface area contributed by atoms with E-state index in [1.54, 1.807) is 7.11 Å². The third-order valence-corrected chi connectivity index (χ3v) is 6.55. The van der Waals surface area contributed by atoms with Crippen molar-refractivity contribution in [2.24, 2.45) is 11.1 Å². The number of benzene rings is 1. The second-order valence-corrected chi connectivity index (χ2v) is 7.82. The zero-order chi connectivity index (χ0) is 16.4. The molecule has 2 aliphatic rings. The van der Waals surface area contributed by atoms with Crippen molar-refractivity contribution in [2.75, 3.05) is 7.11 Å². The van der Waals surface area contributed by atoms with Gasteiger partial charge in [-0.25, -0.2) is 0 Å². The number of aromatic amines is 1. The number of aromatic nitrogens is 1. The van der Waals surface area contributed by atoms with Crippen LogP contribution in [0, 0.1) is 5.41 Å². The summed E-state index contributed by atoms with van der Waals surface area (Å²) < 4.78 is 5.40. The molecular weight excluding hydrogens is 288 g/mol. The second kappa shape index (κ2) is 4.74. The third kappa shape index (κ3) is 1.91. The minimum atomic E-state index is -0.734. The van der Waals surface area contributed by atoms with Gasteiger partial charge < -0.3 is 20.6 Å². The topological polar surface area (TPSA) is 71.3 Å². The molecule has 0 saturated heterocycles. The first-order valence-corrected chi connectivity index (χ1v) is 8.54. The van der Waals surface area contributed by atoms with Crippen LogP contribution in [-0.4, -0.2) is 28.8 Å². The SMILES string of the molecule is COc1ccc2[nH]c3c(c2c1)C[C@@]1(C)CCC(N)C[C@@]1(O)C3C. The monoisotopic (exact) mass is 314 g/mol. The van der Waals surface area contributed by atoms with Crippen LogP contribution in [0.1, 0.15) is 50.3 Å². The first-order valence-electron chi connectivity index (χ1n) is 8.54. The molecule has 0 spiro atoms. The largest absolute Gasteiger partial charge is 0.497 e. The Morgan fingerprint density at radius 2 is 2.17 bits per heavy atom. The van der Waals surface area contributed by atoms with Crippen molar-refractivity contribution in [2.45, 2.75) is 57.1 Å². The molecule has 124 valence electrons. The summed E-state index contributed by atoms with van der Waals surface area (Å²) in [6, 6.07) is 6.26. The standard InChI is InChI=1S/C19H26N2O2/c1-11-17-15(14-8-13(23-3)4-5-16(14)21-17)10-18(2)7-6-12(20)9-19(11,18)22/h4-5,8,11-12,21-22H,6-7,9-10,20H2,1-3H3/t11?,12?,18-,19-/m1/s1. The minimum absolute atomic E-state index is 0.0565. The van der Waals surface area contributed by atoms with E-state index < -0.39 is 5.60 Å². The molecule has 0 aliphatic heterocycles. The fraction of sp³-hybridized carbons (Fsp3) is 0.579. The number of ether oxygens (including phenoxy) is 1. The zero-order valence-corrected chi connectivity index (χ0v) is 14.1. The number of rotatable bonds is 1. The van der Waals surface area contributed by atoms with Crippen molar-refractivity contribution in [3.8, 4) is 5.75 Å². The van der Waals surface area contributed by atoms with Gasteiger partial charge in [-0.15, -0.1) is 0 Å². The number of hydrogen-bond acceptors (Lipinski definition) is 3. The van der Waals surface area contributed by atoms with Crippen LogP contribution in [0.4, 0.5) is 0 Å². The van der Waals surface area contributed by atoms with Gasteiger partial charge in [0.25, 0.3) is 0 Å². The van der Waals surface area contributed by atoms with Crippen molar-refractivity contribution in [1.82, 2.24) is 4.98 Å². The van der Waals surface area contributed by atoms with E-state index in [1.165, 1.54) is 16.6 Å². The Balaban J connectivity index is 1.91. The summed E-state index contributed by atoms with van der Waals surface area (Å²) in [6.07, 6.45) is 3.55. The number of nitrogens with one attached hydrogen (secondary N) is 1. The highest BCUT2D eigenvalue weighted by Gasteiger charge is 2.57. The molecule has 1 fully saturated rings. The summed E-state index contributed by atoms with van der Waals surface area (Å²) in [5.41, 5.74) is 8.98. The maximum atomic E-state index is 11.5. The summed E-state index contributed by atoms with van der Waals surface area (Å²) in [5.74, 6) is 0.935. The van der Waals surface area contributed by atoms with Gasteiger partial charge in [-0.1, -0.05) is 13.8 Å². The molecule has 4 nitrogen and oxygen atoms in total. The Morgan fingerprint density at radius 1 is 1.39 bits per heavy atom. The summed E-state index contributed by atoms with van der Waals surface area (Å²) >= 11 is 0. The zero-order valence-electron chi connectivity index (χ0n) is 14.1. The number of fused-ring (bicyclic) bond motifs is 4. The van der Waals surface area contributed by atoms with Crippen molar-refractivity contribution in [1.29, 1.82) is 0 Å². The molecule has 4 atom stereocenters. The van der Waals surface area contributed by atoms with E-state index in [0.717, 1.165) is 30.5 Å². The van der Waals surface area contributed by atoms with Crippen molar-refractivity contribution in [3.63, 3.8) is 0 Å². The minimum Gasteiger partial charge on any atom is -0.497 e. The Hall–Kier alpha value is -1.52. The van der Waals surface area contributed by atoms with Crippen LogP contribution in [0.3, 0.4) is 0 Å². The van der Waals surface area contributed by atoms with Gasteiger partial charge >= 0.3 is 0 Å². The van der Waals surface area contributed by atoms with Gasteiger partial charge in [0.05, 0.1) is 12.7 Å². The number of aliphatic hydroxyl groups is 1. The normalized spacial score (nSPS) is 36.6. The number of H-pyrrole nitrogens is 1. The molecule has 2 unspecified atom stereocenters. The smallest absolute Gasteiger partial charge is 0.119 e. The van der Waals surface area contributed by atoms with Crippen molar-refractivity contribution >= 4 is 10.9 Å². The predicted octanol–water partition coefficient (Wildman–Crippen LogP) is 3.08. The molecule has 1 aromatic carbocycles. The van der Waals surface area contributed by atoms with E-state index in [2.05, 4.69) is 31.0 Å². The van der Waals surface area contributed by atoms with Gasteiger partial charge in [-0.2, -0.15) is 0 Å². The van der Waals surface area contributed by atoms with E-state index in [1.807, 2.05) is 6.07 Å². The Kier molecular flexibility index (Phi) is 3.10.